The number of nitrogens with zero attached hydrogens (tertiary/aromatic N) is 3. The summed E-state index contributed by atoms with van der Waals surface area (Å²) in [5.41, 5.74) is 2.35. The van der Waals surface area contributed by atoms with Crippen molar-refractivity contribution in [3.8, 4) is 0 Å². The fraction of sp³-hybridized carbons (Fsp3) is 0.556. The molecule has 0 bridgehead atoms. The largest absolute Gasteiger partial charge is 0.444 e. The van der Waals surface area contributed by atoms with Crippen molar-refractivity contribution in [3.63, 3.8) is 0 Å². The van der Waals surface area contributed by atoms with Crippen molar-refractivity contribution in [2.24, 2.45) is 0 Å². The highest BCUT2D eigenvalue weighted by Crippen LogP contribution is 2.24. The van der Waals surface area contributed by atoms with Crippen LogP contribution in [0.3, 0.4) is 0 Å². The first kappa shape index (κ1) is 16.6. The van der Waals surface area contributed by atoms with Gasteiger partial charge in [0.2, 0.25) is 0 Å². The number of amides is 1. The highest BCUT2D eigenvalue weighted by atomic mass is 16.6. The lowest BCUT2D eigenvalue weighted by atomic mass is 10.2. The van der Waals surface area contributed by atoms with Crippen LogP contribution < -0.4 is 4.90 Å². The highest BCUT2D eigenvalue weighted by molar-refractivity contribution is 5.75. The van der Waals surface area contributed by atoms with Gasteiger partial charge in [0, 0.05) is 26.2 Å². The van der Waals surface area contributed by atoms with E-state index in [9.17, 15) is 4.79 Å². The Balaban J connectivity index is 1.69. The highest BCUT2D eigenvalue weighted by Gasteiger charge is 2.25. The maximum Gasteiger partial charge on any atom is 0.410 e. The molecular formula is C18H25N3O3. The number of carbonyl (C=O) groups is 1. The summed E-state index contributed by atoms with van der Waals surface area (Å²) in [4.78, 5) is 20.7. The van der Waals surface area contributed by atoms with Crippen molar-refractivity contribution >= 4 is 23.2 Å². The van der Waals surface area contributed by atoms with Crippen molar-refractivity contribution in [3.05, 3.63) is 23.8 Å². The molecule has 0 N–H and O–H groups in total. The standard InChI is InChI=1S/C18H25N3O3/c1-13-6-7-14-15(12-13)23-16(19-14)20-8-5-9-21(11-10-20)17(22)24-18(2,3)4/h6-7,12H,5,8-11H2,1-4H3. The molecule has 1 saturated heterocycles. The van der Waals surface area contributed by atoms with E-state index in [1.165, 1.54) is 0 Å². The second kappa shape index (κ2) is 6.34. The Hall–Kier alpha value is -2.24. The number of aromatic nitrogens is 1. The van der Waals surface area contributed by atoms with E-state index in [0.717, 1.165) is 29.6 Å². The van der Waals surface area contributed by atoms with Gasteiger partial charge >= 0.3 is 6.09 Å². The van der Waals surface area contributed by atoms with Crippen molar-refractivity contribution < 1.29 is 13.9 Å². The van der Waals surface area contributed by atoms with Gasteiger partial charge in [-0.2, -0.15) is 4.98 Å². The molecule has 1 aliphatic rings. The zero-order valence-corrected chi connectivity index (χ0v) is 14.8. The van der Waals surface area contributed by atoms with E-state index in [4.69, 9.17) is 9.15 Å². The van der Waals surface area contributed by atoms with Gasteiger partial charge in [0.25, 0.3) is 6.01 Å². The minimum Gasteiger partial charge on any atom is -0.444 e. The molecule has 0 atom stereocenters. The Morgan fingerprint density at radius 1 is 1.21 bits per heavy atom. The predicted octanol–water partition coefficient (Wildman–Crippen LogP) is 3.58. The number of carbonyl (C=O) groups excluding carboxylic acids is 1. The molecule has 0 radical (unpaired) electrons. The second-order valence-corrected chi connectivity index (χ2v) is 7.28. The van der Waals surface area contributed by atoms with Crippen molar-refractivity contribution in [2.75, 3.05) is 31.1 Å². The molecule has 24 heavy (non-hydrogen) atoms. The molecule has 6 nitrogen and oxygen atoms in total. The first-order valence-corrected chi connectivity index (χ1v) is 8.42. The van der Waals surface area contributed by atoms with E-state index < -0.39 is 5.60 Å². The summed E-state index contributed by atoms with van der Waals surface area (Å²) in [6.07, 6.45) is 0.606. The van der Waals surface area contributed by atoms with Crippen LogP contribution in [0.5, 0.6) is 0 Å². The maximum atomic E-state index is 12.2. The van der Waals surface area contributed by atoms with E-state index in [1.807, 2.05) is 45.9 Å². The lowest BCUT2D eigenvalue weighted by Crippen LogP contribution is -2.39. The molecular weight excluding hydrogens is 306 g/mol. The molecule has 1 aromatic heterocycles. The number of rotatable bonds is 1. The number of anilines is 1. The normalized spacial score (nSPS) is 16.3. The average molecular weight is 331 g/mol. The molecule has 2 heterocycles. The molecule has 1 fully saturated rings. The van der Waals surface area contributed by atoms with Crippen LogP contribution in [-0.2, 0) is 4.74 Å². The lowest BCUT2D eigenvalue weighted by molar-refractivity contribution is 0.0263. The minimum atomic E-state index is -0.471. The summed E-state index contributed by atoms with van der Waals surface area (Å²) in [5.74, 6) is 0. The number of ether oxygens (including phenoxy) is 1. The molecule has 1 amide bonds. The minimum absolute atomic E-state index is 0.252. The average Bonchev–Trinajstić information content (AvgIpc) is 2.73. The van der Waals surface area contributed by atoms with Gasteiger partial charge in [0.15, 0.2) is 5.58 Å². The smallest absolute Gasteiger partial charge is 0.410 e. The monoisotopic (exact) mass is 331 g/mol. The predicted molar refractivity (Wildman–Crippen MR) is 93.4 cm³/mol. The summed E-state index contributed by atoms with van der Waals surface area (Å²) in [7, 11) is 0. The van der Waals surface area contributed by atoms with Gasteiger partial charge in [-0.3, -0.25) is 0 Å². The number of hydrogen-bond donors (Lipinski definition) is 0. The third-order valence-electron chi connectivity index (χ3n) is 3.95. The van der Waals surface area contributed by atoms with Gasteiger partial charge in [0.1, 0.15) is 11.1 Å². The van der Waals surface area contributed by atoms with Gasteiger partial charge in [-0.15, -0.1) is 0 Å². The number of aryl methyl sites for hydroxylation is 1. The summed E-state index contributed by atoms with van der Waals surface area (Å²) >= 11 is 0. The summed E-state index contributed by atoms with van der Waals surface area (Å²) in [5, 5.41) is 0. The van der Waals surface area contributed by atoms with Crippen LogP contribution in [0.15, 0.2) is 22.6 Å². The van der Waals surface area contributed by atoms with Crippen LogP contribution in [-0.4, -0.2) is 47.8 Å². The van der Waals surface area contributed by atoms with Crippen LogP contribution in [0.2, 0.25) is 0 Å². The Morgan fingerprint density at radius 2 is 2.00 bits per heavy atom. The molecule has 6 heteroatoms. The topological polar surface area (TPSA) is 58.8 Å². The van der Waals surface area contributed by atoms with Crippen LogP contribution in [0.4, 0.5) is 10.8 Å². The molecule has 0 aliphatic carbocycles. The van der Waals surface area contributed by atoms with Crippen LogP contribution in [0, 0.1) is 6.92 Å². The fourth-order valence-electron chi connectivity index (χ4n) is 2.77. The zero-order valence-electron chi connectivity index (χ0n) is 14.8. The molecule has 0 spiro atoms. The third-order valence-corrected chi connectivity index (χ3v) is 3.95. The molecule has 0 unspecified atom stereocenters. The van der Waals surface area contributed by atoms with E-state index in [-0.39, 0.29) is 6.09 Å². The first-order valence-electron chi connectivity index (χ1n) is 8.42. The first-order chi connectivity index (χ1) is 11.3. The summed E-state index contributed by atoms with van der Waals surface area (Å²) in [6.45, 7) is 10.5. The third kappa shape index (κ3) is 3.80. The van der Waals surface area contributed by atoms with Crippen molar-refractivity contribution in [1.82, 2.24) is 9.88 Å². The van der Waals surface area contributed by atoms with E-state index >= 15 is 0 Å². The second-order valence-electron chi connectivity index (χ2n) is 7.28. The Labute approximate surface area is 142 Å². The molecule has 1 aliphatic heterocycles. The fourth-order valence-corrected chi connectivity index (χ4v) is 2.77. The molecule has 2 aromatic rings. The van der Waals surface area contributed by atoms with E-state index in [2.05, 4.69) is 9.88 Å². The Morgan fingerprint density at radius 3 is 2.75 bits per heavy atom. The molecule has 3 rings (SSSR count). The van der Waals surface area contributed by atoms with E-state index in [0.29, 0.717) is 25.6 Å². The Bertz CT molecular complexity index is 733. The van der Waals surface area contributed by atoms with Crippen molar-refractivity contribution in [1.29, 1.82) is 0 Å². The molecule has 130 valence electrons. The van der Waals surface area contributed by atoms with Crippen molar-refractivity contribution in [2.45, 2.75) is 39.7 Å². The van der Waals surface area contributed by atoms with Gasteiger partial charge < -0.3 is 19.0 Å². The van der Waals surface area contributed by atoms with Crippen LogP contribution in [0.25, 0.3) is 11.1 Å². The quantitative estimate of drug-likeness (QED) is 0.799. The summed E-state index contributed by atoms with van der Waals surface area (Å²) < 4.78 is 11.4. The maximum absolute atomic E-state index is 12.2. The van der Waals surface area contributed by atoms with Crippen LogP contribution in [0.1, 0.15) is 32.8 Å². The summed E-state index contributed by atoms with van der Waals surface area (Å²) in [6, 6.07) is 6.63. The number of benzene rings is 1. The number of oxazole rings is 1. The van der Waals surface area contributed by atoms with Gasteiger partial charge in [0.05, 0.1) is 0 Å². The molecule has 0 saturated carbocycles. The Kier molecular flexibility index (Phi) is 4.39. The zero-order chi connectivity index (χ0) is 17.3. The SMILES string of the molecule is Cc1ccc2nc(N3CCCN(C(=O)OC(C)(C)C)CC3)oc2c1. The van der Waals surface area contributed by atoms with Gasteiger partial charge in [-0.05, 0) is 51.8 Å². The lowest BCUT2D eigenvalue weighted by Gasteiger charge is -2.26. The van der Waals surface area contributed by atoms with Gasteiger partial charge in [-0.25, -0.2) is 4.79 Å². The number of fused-ring (bicyclic) bond motifs is 1. The van der Waals surface area contributed by atoms with Gasteiger partial charge in [-0.1, -0.05) is 6.07 Å². The van der Waals surface area contributed by atoms with Crippen LogP contribution >= 0.6 is 0 Å². The van der Waals surface area contributed by atoms with E-state index in [1.54, 1.807) is 4.90 Å². The molecule has 1 aromatic carbocycles. The number of hydrogen-bond acceptors (Lipinski definition) is 5.